The second kappa shape index (κ2) is 5.96. The molecule has 1 N–H and O–H groups in total. The Morgan fingerprint density at radius 2 is 1.77 bits per heavy atom. The van der Waals surface area contributed by atoms with Gasteiger partial charge in [0.15, 0.2) is 0 Å². The Labute approximate surface area is 132 Å². The van der Waals surface area contributed by atoms with Gasteiger partial charge in [-0.15, -0.1) is 0 Å². The topological polar surface area (TPSA) is 28.7 Å². The zero-order valence-corrected chi connectivity index (χ0v) is 13.7. The van der Waals surface area contributed by atoms with Crippen LogP contribution in [0.3, 0.4) is 0 Å². The minimum Gasteiger partial charge on any atom is -0.360 e. The molecular formula is C20H24N2. The van der Waals surface area contributed by atoms with Crippen molar-refractivity contribution in [3.63, 3.8) is 0 Å². The van der Waals surface area contributed by atoms with Crippen LogP contribution in [0.25, 0.3) is 11.0 Å². The molecule has 0 atom stereocenters. The third-order valence-electron chi connectivity index (χ3n) is 4.76. The van der Waals surface area contributed by atoms with Crippen LogP contribution in [-0.2, 0) is 5.41 Å². The molecule has 1 aliphatic carbocycles. The average Bonchev–Trinajstić information content (AvgIpc) is 2.95. The number of nitrogens with zero attached hydrogens (tertiary/aromatic N) is 1. The van der Waals surface area contributed by atoms with Gasteiger partial charge in [-0.3, -0.25) is 4.98 Å². The normalized spacial score (nSPS) is 15.8. The third kappa shape index (κ3) is 2.23. The van der Waals surface area contributed by atoms with E-state index in [0.29, 0.717) is 0 Å². The van der Waals surface area contributed by atoms with Crippen LogP contribution in [0.15, 0.2) is 48.8 Å². The quantitative estimate of drug-likeness (QED) is 0.676. The molecule has 22 heavy (non-hydrogen) atoms. The number of hydrogen-bond acceptors (Lipinski definition) is 1. The number of hydrogen-bond donors (Lipinski definition) is 1. The number of H-pyrrole nitrogens is 1. The second-order valence-electron chi connectivity index (χ2n) is 5.90. The Hall–Kier alpha value is -2.09. The van der Waals surface area contributed by atoms with Crippen LogP contribution in [0.5, 0.6) is 0 Å². The first-order chi connectivity index (χ1) is 10.8. The zero-order chi connectivity index (χ0) is 15.6. The Bertz CT molecular complexity index is 749. The monoisotopic (exact) mass is 292 g/mol. The lowest BCUT2D eigenvalue weighted by Crippen LogP contribution is -2.35. The molecule has 114 valence electrons. The van der Waals surface area contributed by atoms with E-state index in [1.807, 2.05) is 26.1 Å². The molecule has 0 spiro atoms. The summed E-state index contributed by atoms with van der Waals surface area (Å²) >= 11 is 0. The Balaban J connectivity index is 0.000000693. The standard InChI is InChI=1S/C18H18N2.C2H6/c1-13-5-7-14(8-6-13)18(9-3-10-18)15-12-20-16-4-2-11-19-17(15)16;1-2/h2,4-8,11-12,20H,3,9-10H2,1H3;1-2H3. The van der Waals surface area contributed by atoms with Crippen LogP contribution in [0, 0.1) is 6.92 Å². The molecule has 1 fully saturated rings. The fourth-order valence-electron chi connectivity index (χ4n) is 3.44. The maximum Gasteiger partial charge on any atom is 0.0919 e. The van der Waals surface area contributed by atoms with Crippen molar-refractivity contribution >= 4 is 11.0 Å². The van der Waals surface area contributed by atoms with Crippen LogP contribution in [-0.4, -0.2) is 9.97 Å². The highest BCUT2D eigenvalue weighted by molar-refractivity contribution is 5.81. The first kappa shape index (κ1) is 14.8. The molecule has 0 unspecified atom stereocenters. The van der Waals surface area contributed by atoms with Gasteiger partial charge in [-0.05, 0) is 37.5 Å². The molecule has 1 saturated carbocycles. The van der Waals surface area contributed by atoms with Gasteiger partial charge in [0, 0.05) is 23.4 Å². The van der Waals surface area contributed by atoms with Crippen molar-refractivity contribution in [1.29, 1.82) is 0 Å². The van der Waals surface area contributed by atoms with Crippen molar-refractivity contribution in [1.82, 2.24) is 9.97 Å². The van der Waals surface area contributed by atoms with E-state index in [-0.39, 0.29) is 5.41 Å². The summed E-state index contributed by atoms with van der Waals surface area (Å²) in [6.07, 6.45) is 7.80. The molecular weight excluding hydrogens is 268 g/mol. The summed E-state index contributed by atoms with van der Waals surface area (Å²) in [7, 11) is 0. The van der Waals surface area contributed by atoms with Crippen LogP contribution < -0.4 is 0 Å². The van der Waals surface area contributed by atoms with Crippen molar-refractivity contribution in [2.75, 3.05) is 0 Å². The minimum atomic E-state index is 0.167. The number of fused-ring (bicyclic) bond motifs is 1. The Kier molecular flexibility index (Phi) is 4.02. The molecule has 0 radical (unpaired) electrons. The molecule has 0 amide bonds. The van der Waals surface area contributed by atoms with Crippen molar-refractivity contribution in [3.8, 4) is 0 Å². The Morgan fingerprint density at radius 1 is 1.05 bits per heavy atom. The van der Waals surface area contributed by atoms with Crippen molar-refractivity contribution < 1.29 is 0 Å². The molecule has 3 aromatic rings. The number of pyridine rings is 1. The molecule has 2 heteroatoms. The molecule has 1 aromatic carbocycles. The summed E-state index contributed by atoms with van der Waals surface area (Å²) < 4.78 is 0. The smallest absolute Gasteiger partial charge is 0.0919 e. The van der Waals surface area contributed by atoms with Crippen LogP contribution in [0.4, 0.5) is 0 Å². The molecule has 1 aliphatic rings. The predicted octanol–water partition coefficient (Wildman–Crippen LogP) is 5.37. The van der Waals surface area contributed by atoms with Gasteiger partial charge < -0.3 is 4.98 Å². The summed E-state index contributed by atoms with van der Waals surface area (Å²) in [6, 6.07) is 13.1. The maximum atomic E-state index is 4.60. The summed E-state index contributed by atoms with van der Waals surface area (Å²) in [5, 5.41) is 0. The Morgan fingerprint density at radius 3 is 2.41 bits per heavy atom. The summed E-state index contributed by atoms with van der Waals surface area (Å²) in [5.41, 5.74) is 6.55. The number of aromatic nitrogens is 2. The average molecular weight is 292 g/mol. The largest absolute Gasteiger partial charge is 0.360 e. The number of rotatable bonds is 2. The lowest BCUT2D eigenvalue weighted by atomic mass is 9.61. The number of aromatic amines is 1. The van der Waals surface area contributed by atoms with E-state index in [0.717, 1.165) is 11.0 Å². The highest BCUT2D eigenvalue weighted by Gasteiger charge is 2.42. The molecule has 2 heterocycles. The van der Waals surface area contributed by atoms with E-state index in [1.54, 1.807) is 0 Å². The zero-order valence-electron chi connectivity index (χ0n) is 13.7. The van der Waals surface area contributed by atoms with Gasteiger partial charge in [0.25, 0.3) is 0 Å². The molecule has 0 saturated heterocycles. The molecule has 0 bridgehead atoms. The van der Waals surface area contributed by atoms with Crippen LogP contribution in [0.2, 0.25) is 0 Å². The highest BCUT2D eigenvalue weighted by Crippen LogP contribution is 2.50. The van der Waals surface area contributed by atoms with Gasteiger partial charge in [-0.25, -0.2) is 0 Å². The van der Waals surface area contributed by atoms with Gasteiger partial charge >= 0.3 is 0 Å². The van der Waals surface area contributed by atoms with E-state index in [4.69, 9.17) is 0 Å². The first-order valence-electron chi connectivity index (χ1n) is 8.29. The lowest BCUT2D eigenvalue weighted by molar-refractivity contribution is 0.303. The highest BCUT2D eigenvalue weighted by atomic mass is 14.8. The molecule has 2 aromatic heterocycles. The van der Waals surface area contributed by atoms with E-state index in [9.17, 15) is 0 Å². The summed E-state index contributed by atoms with van der Waals surface area (Å²) in [5.74, 6) is 0. The SMILES string of the molecule is CC.Cc1ccc(C2(c3c[nH]c4cccnc34)CCC2)cc1. The fourth-order valence-corrected chi connectivity index (χ4v) is 3.44. The number of benzene rings is 1. The van der Waals surface area contributed by atoms with E-state index in [1.165, 1.54) is 36.0 Å². The maximum absolute atomic E-state index is 4.60. The van der Waals surface area contributed by atoms with E-state index in [2.05, 4.69) is 53.4 Å². The van der Waals surface area contributed by atoms with Gasteiger partial charge in [-0.2, -0.15) is 0 Å². The molecule has 2 nitrogen and oxygen atoms in total. The fraction of sp³-hybridized carbons (Fsp3) is 0.350. The van der Waals surface area contributed by atoms with E-state index < -0.39 is 0 Å². The van der Waals surface area contributed by atoms with Crippen molar-refractivity contribution in [2.24, 2.45) is 0 Å². The second-order valence-corrected chi connectivity index (χ2v) is 5.90. The minimum absolute atomic E-state index is 0.167. The molecule has 0 aliphatic heterocycles. The molecule has 4 rings (SSSR count). The van der Waals surface area contributed by atoms with E-state index >= 15 is 0 Å². The first-order valence-corrected chi connectivity index (χ1v) is 8.29. The summed E-state index contributed by atoms with van der Waals surface area (Å²) in [4.78, 5) is 7.98. The predicted molar refractivity (Wildman–Crippen MR) is 93.3 cm³/mol. The third-order valence-corrected chi connectivity index (χ3v) is 4.76. The van der Waals surface area contributed by atoms with Gasteiger partial charge in [-0.1, -0.05) is 50.1 Å². The van der Waals surface area contributed by atoms with Crippen LogP contribution >= 0.6 is 0 Å². The lowest BCUT2D eigenvalue weighted by Gasteiger charge is -2.42. The number of aryl methyl sites for hydroxylation is 1. The van der Waals surface area contributed by atoms with Crippen LogP contribution in [0.1, 0.15) is 49.8 Å². The summed E-state index contributed by atoms with van der Waals surface area (Å²) in [6.45, 7) is 6.14. The van der Waals surface area contributed by atoms with Crippen molar-refractivity contribution in [2.45, 2.75) is 45.4 Å². The number of nitrogens with one attached hydrogen (secondary N) is 1. The van der Waals surface area contributed by atoms with Gasteiger partial charge in [0.05, 0.1) is 11.0 Å². The van der Waals surface area contributed by atoms with Crippen molar-refractivity contribution in [3.05, 3.63) is 65.5 Å². The van der Waals surface area contributed by atoms with Gasteiger partial charge in [0.2, 0.25) is 0 Å². The van der Waals surface area contributed by atoms with Gasteiger partial charge in [0.1, 0.15) is 0 Å².